The van der Waals surface area contributed by atoms with Crippen LogP contribution in [0.15, 0.2) is 42.5 Å². The van der Waals surface area contributed by atoms with Gasteiger partial charge in [-0.25, -0.2) is 0 Å². The quantitative estimate of drug-likeness (QED) is 0.881. The average molecular weight is 338 g/mol. The predicted octanol–water partition coefficient (Wildman–Crippen LogP) is 2.92. The average Bonchev–Trinajstić information content (AvgIpc) is 2.95. The molecular weight excluding hydrogens is 316 g/mol. The number of methoxy groups -OCH3 is 1. The number of hydrogen-bond acceptors (Lipinski definition) is 3. The van der Waals surface area contributed by atoms with Gasteiger partial charge in [0.2, 0.25) is 5.91 Å². The van der Waals surface area contributed by atoms with Crippen LogP contribution in [0.25, 0.3) is 0 Å². The van der Waals surface area contributed by atoms with E-state index in [2.05, 4.69) is 5.32 Å². The minimum atomic E-state index is -0.157. The topological polar surface area (TPSA) is 58.6 Å². The molecule has 1 N–H and O–H groups in total. The Morgan fingerprint density at radius 1 is 1.24 bits per heavy atom. The highest BCUT2D eigenvalue weighted by molar-refractivity contribution is 6.03. The Balaban J connectivity index is 1.72. The van der Waals surface area contributed by atoms with Crippen LogP contribution < -0.4 is 15.0 Å². The number of hydrogen-bond donors (Lipinski definition) is 1. The largest absolute Gasteiger partial charge is 0.496 e. The van der Waals surface area contributed by atoms with Crippen LogP contribution in [0.4, 0.5) is 5.69 Å². The maximum Gasteiger partial charge on any atom is 0.251 e. The van der Waals surface area contributed by atoms with Crippen LogP contribution in [0.2, 0.25) is 0 Å². The lowest BCUT2D eigenvalue weighted by molar-refractivity contribution is -0.117. The first-order chi connectivity index (χ1) is 12.1. The fourth-order valence-electron chi connectivity index (χ4n) is 3.12. The Hall–Kier alpha value is -2.82. The van der Waals surface area contributed by atoms with Crippen molar-refractivity contribution >= 4 is 17.5 Å². The fourth-order valence-corrected chi connectivity index (χ4v) is 3.12. The molecule has 1 aliphatic rings. The highest BCUT2D eigenvalue weighted by atomic mass is 16.5. The van der Waals surface area contributed by atoms with E-state index in [1.54, 1.807) is 18.1 Å². The van der Waals surface area contributed by atoms with Gasteiger partial charge in [0, 0.05) is 29.9 Å². The van der Waals surface area contributed by atoms with Gasteiger partial charge in [0.05, 0.1) is 13.5 Å². The third kappa shape index (κ3) is 3.50. The molecule has 130 valence electrons. The number of anilines is 1. The Morgan fingerprint density at radius 2 is 2.04 bits per heavy atom. The smallest absolute Gasteiger partial charge is 0.251 e. The SMILES string of the molecule is CCCN1C(=O)Cc2cc(C(=O)NCc3ccccc3OC)ccc21. The molecule has 2 amide bonds. The van der Waals surface area contributed by atoms with E-state index in [0.29, 0.717) is 25.1 Å². The van der Waals surface area contributed by atoms with Crippen molar-refractivity contribution in [3.63, 3.8) is 0 Å². The molecule has 0 bridgehead atoms. The summed E-state index contributed by atoms with van der Waals surface area (Å²) in [5.74, 6) is 0.691. The summed E-state index contributed by atoms with van der Waals surface area (Å²) in [6.07, 6.45) is 1.27. The van der Waals surface area contributed by atoms with Crippen molar-refractivity contribution in [3.8, 4) is 5.75 Å². The van der Waals surface area contributed by atoms with E-state index in [1.165, 1.54) is 0 Å². The molecule has 25 heavy (non-hydrogen) atoms. The van der Waals surface area contributed by atoms with Crippen LogP contribution in [-0.4, -0.2) is 25.5 Å². The van der Waals surface area contributed by atoms with Gasteiger partial charge in [0.1, 0.15) is 5.75 Å². The molecule has 0 aliphatic carbocycles. The summed E-state index contributed by atoms with van der Waals surface area (Å²) in [5, 5.41) is 2.91. The van der Waals surface area contributed by atoms with Gasteiger partial charge in [-0.15, -0.1) is 0 Å². The van der Waals surface area contributed by atoms with Crippen LogP contribution >= 0.6 is 0 Å². The molecule has 0 atom stereocenters. The van der Waals surface area contributed by atoms with Crippen molar-refractivity contribution in [3.05, 3.63) is 59.2 Å². The standard InChI is InChI=1S/C20H22N2O3/c1-3-10-22-17-9-8-14(11-16(17)12-19(22)23)20(24)21-13-15-6-4-5-7-18(15)25-2/h4-9,11H,3,10,12-13H2,1-2H3,(H,21,24). The maximum absolute atomic E-state index is 12.5. The molecular formula is C20H22N2O3. The summed E-state index contributed by atoms with van der Waals surface area (Å²) >= 11 is 0. The highest BCUT2D eigenvalue weighted by Crippen LogP contribution is 2.30. The molecule has 1 aliphatic heterocycles. The first-order valence-corrected chi connectivity index (χ1v) is 8.47. The molecule has 5 heteroatoms. The molecule has 2 aromatic carbocycles. The van der Waals surface area contributed by atoms with Crippen LogP contribution in [0.3, 0.4) is 0 Å². The van der Waals surface area contributed by atoms with Crippen molar-refractivity contribution in [1.82, 2.24) is 5.32 Å². The second-order valence-electron chi connectivity index (χ2n) is 6.06. The second kappa shape index (κ2) is 7.38. The third-order valence-corrected chi connectivity index (χ3v) is 4.35. The molecule has 0 fully saturated rings. The first-order valence-electron chi connectivity index (χ1n) is 8.47. The molecule has 0 aromatic heterocycles. The van der Waals surface area contributed by atoms with E-state index in [9.17, 15) is 9.59 Å². The van der Waals surface area contributed by atoms with Gasteiger partial charge in [-0.3, -0.25) is 9.59 Å². The number of amides is 2. The third-order valence-electron chi connectivity index (χ3n) is 4.35. The predicted molar refractivity (Wildman–Crippen MR) is 97.0 cm³/mol. The van der Waals surface area contributed by atoms with E-state index < -0.39 is 0 Å². The summed E-state index contributed by atoms with van der Waals surface area (Å²) in [7, 11) is 1.61. The molecule has 0 radical (unpaired) electrons. The van der Waals surface area contributed by atoms with Gasteiger partial charge in [-0.05, 0) is 36.2 Å². The summed E-state index contributed by atoms with van der Waals surface area (Å²) in [6, 6.07) is 13.1. The number of nitrogens with zero attached hydrogens (tertiary/aromatic N) is 1. The molecule has 0 saturated heterocycles. The van der Waals surface area contributed by atoms with Crippen LogP contribution in [0, 0.1) is 0 Å². The highest BCUT2D eigenvalue weighted by Gasteiger charge is 2.27. The van der Waals surface area contributed by atoms with Gasteiger partial charge in [-0.2, -0.15) is 0 Å². The minimum Gasteiger partial charge on any atom is -0.496 e. The molecule has 0 unspecified atom stereocenters. The summed E-state index contributed by atoms with van der Waals surface area (Å²) in [4.78, 5) is 26.3. The zero-order chi connectivity index (χ0) is 17.8. The zero-order valence-corrected chi connectivity index (χ0v) is 14.5. The lowest BCUT2D eigenvalue weighted by atomic mass is 10.1. The Bertz CT molecular complexity index is 801. The molecule has 2 aromatic rings. The normalized spacial score (nSPS) is 12.9. The molecule has 5 nitrogen and oxygen atoms in total. The van der Waals surface area contributed by atoms with Crippen molar-refractivity contribution in [2.45, 2.75) is 26.3 Å². The van der Waals surface area contributed by atoms with E-state index in [0.717, 1.165) is 29.0 Å². The minimum absolute atomic E-state index is 0.100. The van der Waals surface area contributed by atoms with E-state index >= 15 is 0 Å². The fraction of sp³-hybridized carbons (Fsp3) is 0.300. The number of carbonyl (C=O) groups is 2. The van der Waals surface area contributed by atoms with Crippen molar-refractivity contribution in [2.75, 3.05) is 18.6 Å². The van der Waals surface area contributed by atoms with Gasteiger partial charge in [0.25, 0.3) is 5.91 Å². The van der Waals surface area contributed by atoms with E-state index in [4.69, 9.17) is 4.74 Å². The first kappa shape index (κ1) is 17.0. The monoisotopic (exact) mass is 338 g/mol. The lowest BCUT2D eigenvalue weighted by Gasteiger charge is -2.16. The maximum atomic E-state index is 12.5. The molecule has 0 spiro atoms. The zero-order valence-electron chi connectivity index (χ0n) is 14.5. The van der Waals surface area contributed by atoms with Crippen molar-refractivity contribution < 1.29 is 14.3 Å². The lowest BCUT2D eigenvalue weighted by Crippen LogP contribution is -2.27. The molecule has 3 rings (SSSR count). The molecule has 1 heterocycles. The Morgan fingerprint density at radius 3 is 2.80 bits per heavy atom. The number of ether oxygens (including phenoxy) is 1. The summed E-state index contributed by atoms with van der Waals surface area (Å²) in [6.45, 7) is 3.15. The van der Waals surface area contributed by atoms with Gasteiger partial charge >= 0.3 is 0 Å². The number of carbonyl (C=O) groups excluding carboxylic acids is 2. The van der Waals surface area contributed by atoms with Gasteiger partial charge < -0.3 is 15.0 Å². The summed E-state index contributed by atoms with van der Waals surface area (Å²) in [5.41, 5.74) is 3.33. The van der Waals surface area contributed by atoms with E-state index in [1.807, 2.05) is 43.3 Å². The summed E-state index contributed by atoms with van der Waals surface area (Å²) < 4.78 is 5.30. The second-order valence-corrected chi connectivity index (χ2v) is 6.06. The van der Waals surface area contributed by atoms with Crippen LogP contribution in [-0.2, 0) is 17.8 Å². The Kier molecular flexibility index (Phi) is 5.03. The van der Waals surface area contributed by atoms with Gasteiger partial charge in [0.15, 0.2) is 0 Å². The number of benzene rings is 2. The van der Waals surface area contributed by atoms with Crippen LogP contribution in [0.5, 0.6) is 5.75 Å². The van der Waals surface area contributed by atoms with E-state index in [-0.39, 0.29) is 11.8 Å². The number of rotatable bonds is 6. The van der Waals surface area contributed by atoms with Crippen molar-refractivity contribution in [2.24, 2.45) is 0 Å². The number of para-hydroxylation sites is 1. The van der Waals surface area contributed by atoms with Crippen LogP contribution in [0.1, 0.15) is 34.8 Å². The number of fused-ring (bicyclic) bond motifs is 1. The van der Waals surface area contributed by atoms with Crippen molar-refractivity contribution in [1.29, 1.82) is 0 Å². The van der Waals surface area contributed by atoms with Gasteiger partial charge in [-0.1, -0.05) is 25.1 Å². The number of nitrogens with one attached hydrogen (secondary N) is 1. The Labute approximate surface area is 147 Å². The molecule has 0 saturated carbocycles.